The van der Waals surface area contributed by atoms with Crippen LogP contribution >= 0.6 is 12.4 Å². The molecule has 0 unspecified atom stereocenters. The lowest BCUT2D eigenvalue weighted by Gasteiger charge is -2.26. The van der Waals surface area contributed by atoms with Gasteiger partial charge in [0.15, 0.2) is 0 Å². The first-order valence-corrected chi connectivity index (χ1v) is 5.58. The molecule has 1 aromatic carbocycles. The lowest BCUT2D eigenvalue weighted by molar-refractivity contribution is 0.395. The second-order valence-corrected chi connectivity index (χ2v) is 4.53. The largest absolute Gasteiger partial charge is 0.328 e. The normalized spacial score (nSPS) is 25.7. The molecule has 2 rings (SSSR count). The van der Waals surface area contributed by atoms with Gasteiger partial charge < -0.3 is 5.73 Å². The molecule has 1 aromatic rings. The number of halogens is 1. The average molecular weight is 226 g/mol. The first kappa shape index (κ1) is 12.5. The van der Waals surface area contributed by atoms with E-state index in [9.17, 15) is 0 Å². The van der Waals surface area contributed by atoms with E-state index in [1.54, 1.807) is 0 Å². The van der Waals surface area contributed by atoms with Crippen LogP contribution in [0.5, 0.6) is 0 Å². The Hall–Kier alpha value is -0.530. The number of aryl methyl sites for hydroxylation is 1. The van der Waals surface area contributed by atoms with Crippen LogP contribution in [-0.2, 0) is 0 Å². The molecule has 1 nitrogen and oxygen atoms in total. The van der Waals surface area contributed by atoms with E-state index in [2.05, 4.69) is 31.2 Å². The summed E-state index contributed by atoms with van der Waals surface area (Å²) in [4.78, 5) is 0. The Bertz CT molecular complexity index is 303. The summed E-state index contributed by atoms with van der Waals surface area (Å²) in [6, 6.07) is 9.36. The van der Waals surface area contributed by atoms with E-state index >= 15 is 0 Å². The molecule has 0 radical (unpaired) electrons. The molecular weight excluding hydrogens is 206 g/mol. The van der Waals surface area contributed by atoms with Crippen LogP contribution in [0.1, 0.15) is 42.7 Å². The average Bonchev–Trinajstić information content (AvgIpc) is 2.19. The smallest absolute Gasteiger partial charge is 0.00392 e. The van der Waals surface area contributed by atoms with Gasteiger partial charge in [-0.1, -0.05) is 29.8 Å². The topological polar surface area (TPSA) is 26.0 Å². The number of nitrogens with two attached hydrogens (primary N) is 1. The van der Waals surface area contributed by atoms with Crippen molar-refractivity contribution in [2.45, 2.75) is 44.6 Å². The third kappa shape index (κ3) is 3.22. The SMILES string of the molecule is Cc1cccc(C2CCC(N)CC2)c1.Cl. The molecule has 1 saturated carbocycles. The van der Waals surface area contributed by atoms with Gasteiger partial charge in [0.25, 0.3) is 0 Å². The summed E-state index contributed by atoms with van der Waals surface area (Å²) in [5, 5.41) is 0. The molecular formula is C13H20ClN. The number of hydrogen-bond acceptors (Lipinski definition) is 1. The lowest BCUT2D eigenvalue weighted by atomic mass is 9.82. The molecule has 15 heavy (non-hydrogen) atoms. The number of benzene rings is 1. The van der Waals surface area contributed by atoms with Gasteiger partial charge in [-0.05, 0) is 44.1 Å². The van der Waals surface area contributed by atoms with Crippen molar-refractivity contribution in [3.05, 3.63) is 35.4 Å². The van der Waals surface area contributed by atoms with Crippen molar-refractivity contribution in [2.24, 2.45) is 5.73 Å². The zero-order valence-corrected chi connectivity index (χ0v) is 10.1. The number of hydrogen-bond donors (Lipinski definition) is 1. The van der Waals surface area contributed by atoms with Crippen molar-refractivity contribution < 1.29 is 0 Å². The molecule has 0 heterocycles. The highest BCUT2D eigenvalue weighted by Gasteiger charge is 2.19. The van der Waals surface area contributed by atoms with E-state index < -0.39 is 0 Å². The third-order valence-corrected chi connectivity index (χ3v) is 3.29. The van der Waals surface area contributed by atoms with Crippen molar-refractivity contribution in [3.8, 4) is 0 Å². The monoisotopic (exact) mass is 225 g/mol. The summed E-state index contributed by atoms with van der Waals surface area (Å²) >= 11 is 0. The quantitative estimate of drug-likeness (QED) is 0.779. The molecule has 2 N–H and O–H groups in total. The lowest BCUT2D eigenvalue weighted by Crippen LogP contribution is -2.25. The van der Waals surface area contributed by atoms with Gasteiger partial charge in [-0.2, -0.15) is 0 Å². The Morgan fingerprint density at radius 1 is 1.13 bits per heavy atom. The first-order valence-electron chi connectivity index (χ1n) is 5.58. The maximum atomic E-state index is 5.90. The van der Waals surface area contributed by atoms with Gasteiger partial charge in [0.2, 0.25) is 0 Å². The second-order valence-electron chi connectivity index (χ2n) is 4.53. The van der Waals surface area contributed by atoms with Crippen LogP contribution in [0.25, 0.3) is 0 Å². The molecule has 0 atom stereocenters. The number of rotatable bonds is 1. The molecule has 0 aliphatic heterocycles. The molecule has 0 spiro atoms. The van der Waals surface area contributed by atoms with Crippen molar-refractivity contribution in [1.29, 1.82) is 0 Å². The predicted molar refractivity (Wildman–Crippen MR) is 67.6 cm³/mol. The van der Waals surface area contributed by atoms with Crippen molar-refractivity contribution in [3.63, 3.8) is 0 Å². The van der Waals surface area contributed by atoms with Gasteiger partial charge in [-0.25, -0.2) is 0 Å². The van der Waals surface area contributed by atoms with E-state index in [0.29, 0.717) is 6.04 Å². The maximum Gasteiger partial charge on any atom is 0.00392 e. The van der Waals surface area contributed by atoms with Crippen LogP contribution in [0.2, 0.25) is 0 Å². The highest BCUT2D eigenvalue weighted by atomic mass is 35.5. The van der Waals surface area contributed by atoms with Gasteiger partial charge in [0, 0.05) is 6.04 Å². The minimum absolute atomic E-state index is 0. The molecule has 1 aliphatic rings. The van der Waals surface area contributed by atoms with Crippen LogP contribution in [0.4, 0.5) is 0 Å². The van der Waals surface area contributed by atoms with Crippen LogP contribution in [0.3, 0.4) is 0 Å². The van der Waals surface area contributed by atoms with E-state index in [0.717, 1.165) is 5.92 Å². The summed E-state index contributed by atoms with van der Waals surface area (Å²) in [5.74, 6) is 0.759. The van der Waals surface area contributed by atoms with Crippen LogP contribution < -0.4 is 5.73 Å². The fourth-order valence-corrected chi connectivity index (χ4v) is 2.38. The van der Waals surface area contributed by atoms with Gasteiger partial charge >= 0.3 is 0 Å². The third-order valence-electron chi connectivity index (χ3n) is 3.29. The Morgan fingerprint density at radius 3 is 2.40 bits per heavy atom. The fourth-order valence-electron chi connectivity index (χ4n) is 2.38. The molecule has 1 aliphatic carbocycles. The van der Waals surface area contributed by atoms with Crippen molar-refractivity contribution >= 4 is 12.4 Å². The van der Waals surface area contributed by atoms with E-state index in [4.69, 9.17) is 5.73 Å². The van der Waals surface area contributed by atoms with Crippen LogP contribution in [0.15, 0.2) is 24.3 Å². The van der Waals surface area contributed by atoms with Crippen LogP contribution in [-0.4, -0.2) is 6.04 Å². The second kappa shape index (κ2) is 5.53. The molecule has 0 saturated heterocycles. The van der Waals surface area contributed by atoms with E-state index in [1.165, 1.54) is 36.8 Å². The molecule has 2 heteroatoms. The zero-order valence-electron chi connectivity index (χ0n) is 9.28. The summed E-state index contributed by atoms with van der Waals surface area (Å²) in [6.45, 7) is 2.16. The summed E-state index contributed by atoms with van der Waals surface area (Å²) < 4.78 is 0. The standard InChI is InChI=1S/C13H19N.ClH/c1-10-3-2-4-12(9-10)11-5-7-13(14)8-6-11;/h2-4,9,11,13H,5-8,14H2,1H3;1H. The van der Waals surface area contributed by atoms with Gasteiger partial charge in [-0.3, -0.25) is 0 Å². The van der Waals surface area contributed by atoms with Crippen molar-refractivity contribution in [2.75, 3.05) is 0 Å². The Balaban J connectivity index is 0.00000112. The van der Waals surface area contributed by atoms with Crippen molar-refractivity contribution in [1.82, 2.24) is 0 Å². The summed E-state index contributed by atoms with van der Waals surface area (Å²) in [6.07, 6.45) is 4.92. The molecule has 0 amide bonds. The highest BCUT2D eigenvalue weighted by Crippen LogP contribution is 2.32. The Labute approximate surface area is 98.5 Å². The predicted octanol–water partition coefficient (Wildman–Crippen LogP) is 3.40. The first-order chi connectivity index (χ1) is 6.75. The minimum atomic E-state index is 0. The Kier molecular flexibility index (Phi) is 4.62. The van der Waals surface area contributed by atoms with Gasteiger partial charge in [0.05, 0.1) is 0 Å². The molecule has 84 valence electrons. The molecule has 0 bridgehead atoms. The highest BCUT2D eigenvalue weighted by molar-refractivity contribution is 5.85. The Morgan fingerprint density at radius 2 is 1.80 bits per heavy atom. The van der Waals surface area contributed by atoms with E-state index in [1.807, 2.05) is 0 Å². The summed E-state index contributed by atoms with van der Waals surface area (Å²) in [7, 11) is 0. The molecule has 0 aromatic heterocycles. The van der Waals surface area contributed by atoms with Gasteiger partial charge in [0.1, 0.15) is 0 Å². The summed E-state index contributed by atoms with van der Waals surface area (Å²) in [5.41, 5.74) is 8.79. The zero-order chi connectivity index (χ0) is 9.97. The maximum absolute atomic E-state index is 5.90. The minimum Gasteiger partial charge on any atom is -0.328 e. The molecule has 1 fully saturated rings. The van der Waals surface area contributed by atoms with E-state index in [-0.39, 0.29) is 12.4 Å². The fraction of sp³-hybridized carbons (Fsp3) is 0.538. The van der Waals surface area contributed by atoms with Gasteiger partial charge in [-0.15, -0.1) is 12.4 Å². The van der Waals surface area contributed by atoms with Crippen LogP contribution in [0, 0.1) is 6.92 Å².